The van der Waals surface area contributed by atoms with Crippen molar-refractivity contribution in [2.24, 2.45) is 0 Å². The zero-order valence-corrected chi connectivity index (χ0v) is 24.6. The van der Waals surface area contributed by atoms with E-state index in [-0.39, 0.29) is 18.1 Å². The molecule has 1 unspecified atom stereocenters. The highest BCUT2D eigenvalue weighted by atomic mass is 16.5. The van der Waals surface area contributed by atoms with E-state index < -0.39 is 0 Å². The molecule has 1 aliphatic heterocycles. The molecule has 5 rings (SSSR count). The number of rotatable bonds is 10. The van der Waals surface area contributed by atoms with Gasteiger partial charge in [0.25, 0.3) is 5.91 Å². The normalized spacial score (nSPS) is 14.5. The van der Waals surface area contributed by atoms with Gasteiger partial charge in [0, 0.05) is 36.6 Å². The number of benzene rings is 2. The minimum Gasteiger partial charge on any atom is -0.495 e. The lowest BCUT2D eigenvalue weighted by molar-refractivity contribution is 0.0659. The largest absolute Gasteiger partial charge is 0.495 e. The van der Waals surface area contributed by atoms with Gasteiger partial charge < -0.3 is 24.6 Å². The van der Waals surface area contributed by atoms with E-state index in [1.165, 1.54) is 6.33 Å². The molecule has 3 heterocycles. The molecule has 13 heteroatoms. The Balaban J connectivity index is 1.30. The topological polar surface area (TPSA) is 147 Å². The van der Waals surface area contributed by atoms with Gasteiger partial charge in [-0.2, -0.15) is 5.26 Å². The standard InChI is InChI=1S/C30H34N10O3/c1-20(18-40-19-34-36-37-40)43-28-14-21(5-6-23(28)15-31)24-16-32-30(33-17-24)35-26-13-22(7-8-27(26)42-4)29(41)39(3)25-9-11-38(2)12-10-25/h5-8,13-14,16-17,19-20,25H,9-12,18H2,1-4H3,(H,32,33,35). The number of carbonyl (C=O) groups excluding carboxylic acids is 1. The molecule has 0 radical (unpaired) electrons. The van der Waals surface area contributed by atoms with Crippen molar-refractivity contribution >= 4 is 17.5 Å². The Kier molecular flexibility index (Phi) is 9.07. The maximum absolute atomic E-state index is 13.3. The van der Waals surface area contributed by atoms with Crippen molar-refractivity contribution in [3.8, 4) is 28.7 Å². The Morgan fingerprint density at radius 2 is 1.91 bits per heavy atom. The van der Waals surface area contributed by atoms with Gasteiger partial charge in [0.15, 0.2) is 0 Å². The number of anilines is 2. The van der Waals surface area contributed by atoms with Crippen LogP contribution in [0.2, 0.25) is 0 Å². The predicted octanol–water partition coefficient (Wildman–Crippen LogP) is 3.39. The third kappa shape index (κ3) is 7.04. The number of carbonyl (C=O) groups is 1. The molecule has 43 heavy (non-hydrogen) atoms. The van der Waals surface area contributed by atoms with Gasteiger partial charge in [0.05, 0.1) is 24.9 Å². The number of hydrogen-bond acceptors (Lipinski definition) is 11. The number of amides is 1. The second-order valence-corrected chi connectivity index (χ2v) is 10.6. The predicted molar refractivity (Wildman–Crippen MR) is 159 cm³/mol. The van der Waals surface area contributed by atoms with Crippen LogP contribution in [0.4, 0.5) is 11.6 Å². The molecular formula is C30H34N10O3. The third-order valence-corrected chi connectivity index (χ3v) is 7.50. The highest BCUT2D eigenvalue weighted by Crippen LogP contribution is 2.31. The maximum Gasteiger partial charge on any atom is 0.253 e. The summed E-state index contributed by atoms with van der Waals surface area (Å²) in [5.74, 6) is 1.31. The van der Waals surface area contributed by atoms with Gasteiger partial charge in [-0.3, -0.25) is 4.79 Å². The molecule has 0 spiro atoms. The number of methoxy groups -OCH3 is 1. The summed E-state index contributed by atoms with van der Waals surface area (Å²) in [5, 5.41) is 23.9. The molecule has 2 aromatic heterocycles. The second kappa shape index (κ2) is 13.3. The maximum atomic E-state index is 13.3. The van der Waals surface area contributed by atoms with E-state index in [0.29, 0.717) is 40.8 Å². The Morgan fingerprint density at radius 1 is 1.14 bits per heavy atom. The van der Waals surface area contributed by atoms with E-state index in [4.69, 9.17) is 9.47 Å². The van der Waals surface area contributed by atoms with Crippen molar-refractivity contribution in [1.29, 1.82) is 5.26 Å². The summed E-state index contributed by atoms with van der Waals surface area (Å²) in [4.78, 5) is 26.4. The summed E-state index contributed by atoms with van der Waals surface area (Å²) >= 11 is 0. The zero-order chi connectivity index (χ0) is 30.3. The SMILES string of the molecule is COc1ccc(C(=O)N(C)C2CCN(C)CC2)cc1Nc1ncc(-c2ccc(C#N)c(OC(C)Cn3cnnn3)c2)cn1. The summed E-state index contributed by atoms with van der Waals surface area (Å²) in [6.07, 6.45) is 6.49. The van der Waals surface area contributed by atoms with Crippen molar-refractivity contribution in [2.75, 3.05) is 39.6 Å². The van der Waals surface area contributed by atoms with E-state index in [9.17, 15) is 10.1 Å². The lowest BCUT2D eigenvalue weighted by Crippen LogP contribution is -2.44. The van der Waals surface area contributed by atoms with E-state index in [0.717, 1.165) is 37.1 Å². The summed E-state index contributed by atoms with van der Waals surface area (Å²) in [5.41, 5.74) is 3.08. The number of nitrogens with one attached hydrogen (secondary N) is 1. The first kappa shape index (κ1) is 29.4. The number of piperidine rings is 1. The van der Waals surface area contributed by atoms with Crippen molar-refractivity contribution in [3.63, 3.8) is 0 Å². The first-order valence-electron chi connectivity index (χ1n) is 14.0. The van der Waals surface area contributed by atoms with E-state index >= 15 is 0 Å². The van der Waals surface area contributed by atoms with Crippen LogP contribution >= 0.6 is 0 Å². The quantitative estimate of drug-likeness (QED) is 0.293. The van der Waals surface area contributed by atoms with Crippen molar-refractivity contribution in [1.82, 2.24) is 40.0 Å². The molecule has 4 aromatic rings. The van der Waals surface area contributed by atoms with Gasteiger partial charge in [0.2, 0.25) is 5.95 Å². The van der Waals surface area contributed by atoms with Gasteiger partial charge in [-0.05, 0) is 86.2 Å². The zero-order valence-electron chi connectivity index (χ0n) is 24.6. The molecule has 222 valence electrons. The summed E-state index contributed by atoms with van der Waals surface area (Å²) in [6, 6.07) is 13.0. The molecule has 13 nitrogen and oxygen atoms in total. The van der Waals surface area contributed by atoms with Crippen molar-refractivity contribution in [2.45, 2.75) is 38.5 Å². The molecule has 1 atom stereocenters. The van der Waals surface area contributed by atoms with E-state index in [2.05, 4.69) is 48.8 Å². The van der Waals surface area contributed by atoms with Gasteiger partial charge in [-0.1, -0.05) is 6.07 Å². The van der Waals surface area contributed by atoms with Crippen LogP contribution < -0.4 is 14.8 Å². The molecule has 2 aromatic carbocycles. The number of nitrogens with zero attached hydrogens (tertiary/aromatic N) is 9. The van der Waals surface area contributed by atoms with Crippen LogP contribution in [0.3, 0.4) is 0 Å². The first-order valence-corrected chi connectivity index (χ1v) is 14.0. The van der Waals surface area contributed by atoms with Gasteiger partial charge in [0.1, 0.15) is 30.0 Å². The van der Waals surface area contributed by atoms with E-state index in [1.807, 2.05) is 24.9 Å². The van der Waals surface area contributed by atoms with Crippen molar-refractivity contribution < 1.29 is 14.3 Å². The fourth-order valence-corrected chi connectivity index (χ4v) is 5.03. The lowest BCUT2D eigenvalue weighted by atomic mass is 10.0. The van der Waals surface area contributed by atoms with Gasteiger partial charge in [-0.25, -0.2) is 14.6 Å². The molecule has 0 bridgehead atoms. The van der Waals surface area contributed by atoms with Crippen LogP contribution in [0.25, 0.3) is 11.1 Å². The lowest BCUT2D eigenvalue weighted by Gasteiger charge is -2.35. The molecule has 0 aliphatic carbocycles. The van der Waals surface area contributed by atoms with E-state index in [1.54, 1.807) is 54.5 Å². The highest BCUT2D eigenvalue weighted by molar-refractivity contribution is 5.96. The number of aromatic nitrogens is 6. The number of likely N-dealkylation sites (tertiary alicyclic amines) is 1. The highest BCUT2D eigenvalue weighted by Gasteiger charge is 2.25. The van der Waals surface area contributed by atoms with Crippen molar-refractivity contribution in [3.05, 3.63) is 66.2 Å². The van der Waals surface area contributed by atoms with Crippen LogP contribution in [-0.2, 0) is 6.54 Å². The summed E-state index contributed by atoms with van der Waals surface area (Å²) in [6.45, 7) is 4.25. The fraction of sp³-hybridized carbons (Fsp3) is 0.367. The minimum absolute atomic E-state index is 0.0392. The Bertz CT molecular complexity index is 1580. The molecule has 1 amide bonds. The number of nitriles is 1. The first-order chi connectivity index (χ1) is 20.8. The third-order valence-electron chi connectivity index (χ3n) is 7.50. The van der Waals surface area contributed by atoms with Crippen LogP contribution in [0.1, 0.15) is 35.7 Å². The second-order valence-electron chi connectivity index (χ2n) is 10.6. The molecule has 1 N–H and O–H groups in total. The summed E-state index contributed by atoms with van der Waals surface area (Å²) in [7, 11) is 5.55. The molecule has 1 saturated heterocycles. The van der Waals surface area contributed by atoms with Crippen LogP contribution in [0, 0.1) is 11.3 Å². The Hall–Kier alpha value is -5.09. The summed E-state index contributed by atoms with van der Waals surface area (Å²) < 4.78 is 13.1. The monoisotopic (exact) mass is 582 g/mol. The minimum atomic E-state index is -0.282. The fourth-order valence-electron chi connectivity index (χ4n) is 5.03. The number of ether oxygens (including phenoxy) is 2. The van der Waals surface area contributed by atoms with Crippen LogP contribution in [-0.4, -0.2) is 92.3 Å². The average molecular weight is 583 g/mol. The Morgan fingerprint density at radius 3 is 2.58 bits per heavy atom. The molecule has 1 aliphatic rings. The molecule has 0 saturated carbocycles. The average Bonchev–Trinajstić information content (AvgIpc) is 3.54. The molecular weight excluding hydrogens is 548 g/mol. The molecule has 1 fully saturated rings. The van der Waals surface area contributed by atoms with Crippen LogP contribution in [0.15, 0.2) is 55.1 Å². The number of hydrogen-bond donors (Lipinski definition) is 1. The van der Waals surface area contributed by atoms with Gasteiger partial charge >= 0.3 is 0 Å². The smallest absolute Gasteiger partial charge is 0.253 e. The Labute approximate surface area is 250 Å². The number of tetrazole rings is 1. The van der Waals surface area contributed by atoms with Gasteiger partial charge in [-0.15, -0.1) is 5.10 Å². The van der Waals surface area contributed by atoms with Crippen LogP contribution in [0.5, 0.6) is 11.5 Å².